The molecule has 0 aliphatic carbocycles. The number of nitrogens with two attached hydrogens (primary N) is 1. The molecule has 1 amide bonds. The highest BCUT2D eigenvalue weighted by Gasteiger charge is 2.42. The minimum Gasteiger partial charge on any atom is -0.375 e. The molecule has 2 fully saturated rings. The largest absolute Gasteiger partial charge is 0.375 e. The third kappa shape index (κ3) is 3.67. The Morgan fingerprint density at radius 2 is 2.04 bits per heavy atom. The number of piperidine rings is 1. The van der Waals surface area contributed by atoms with Crippen LogP contribution in [0, 0.1) is 0 Å². The number of aromatic nitrogens is 1. The van der Waals surface area contributed by atoms with Gasteiger partial charge in [0.1, 0.15) is 0 Å². The van der Waals surface area contributed by atoms with Crippen molar-refractivity contribution in [3.05, 3.63) is 11.1 Å². The van der Waals surface area contributed by atoms with Crippen molar-refractivity contribution in [2.45, 2.75) is 31.2 Å². The first-order valence-electron chi connectivity index (χ1n) is 8.36. The van der Waals surface area contributed by atoms with E-state index in [2.05, 4.69) is 33.8 Å². The minimum atomic E-state index is 0.172. The molecule has 6 nitrogen and oxygen atoms in total. The van der Waals surface area contributed by atoms with Crippen LogP contribution in [-0.2, 0) is 11.2 Å². The Labute approximate surface area is 142 Å². The molecule has 7 heteroatoms. The zero-order valence-corrected chi connectivity index (χ0v) is 14.9. The van der Waals surface area contributed by atoms with Crippen LogP contribution in [0.3, 0.4) is 0 Å². The van der Waals surface area contributed by atoms with Gasteiger partial charge in [0, 0.05) is 37.0 Å². The van der Waals surface area contributed by atoms with Gasteiger partial charge in [-0.3, -0.25) is 9.69 Å². The van der Waals surface area contributed by atoms with Crippen LogP contribution in [-0.4, -0.2) is 77.9 Å². The molecule has 0 aromatic carbocycles. The average molecular weight is 337 g/mol. The summed E-state index contributed by atoms with van der Waals surface area (Å²) in [6, 6.07) is 0. The molecule has 3 heterocycles. The van der Waals surface area contributed by atoms with Crippen LogP contribution in [0.25, 0.3) is 0 Å². The van der Waals surface area contributed by atoms with Gasteiger partial charge in [0.25, 0.3) is 0 Å². The number of rotatable bonds is 3. The topological polar surface area (TPSA) is 65.7 Å². The van der Waals surface area contributed by atoms with E-state index in [-0.39, 0.29) is 11.4 Å². The maximum Gasteiger partial charge on any atom is 0.223 e. The van der Waals surface area contributed by atoms with Gasteiger partial charge in [0.05, 0.1) is 5.69 Å². The maximum absolute atomic E-state index is 12.6. The van der Waals surface area contributed by atoms with Crippen LogP contribution in [0.1, 0.15) is 25.0 Å². The summed E-state index contributed by atoms with van der Waals surface area (Å²) in [4.78, 5) is 23.8. The van der Waals surface area contributed by atoms with Crippen molar-refractivity contribution >= 4 is 22.4 Å². The first-order chi connectivity index (χ1) is 11.0. The summed E-state index contributed by atoms with van der Waals surface area (Å²) < 4.78 is 0. The molecule has 2 N–H and O–H groups in total. The second kappa shape index (κ2) is 6.75. The number of piperazine rings is 1. The summed E-state index contributed by atoms with van der Waals surface area (Å²) in [5.41, 5.74) is 6.76. The number of likely N-dealkylation sites (tertiary alicyclic amines) is 1. The molecule has 0 bridgehead atoms. The number of amides is 1. The maximum atomic E-state index is 12.6. The van der Waals surface area contributed by atoms with Gasteiger partial charge in [-0.1, -0.05) is 0 Å². The first-order valence-corrected chi connectivity index (χ1v) is 9.24. The van der Waals surface area contributed by atoms with Crippen LogP contribution in [0.4, 0.5) is 5.13 Å². The van der Waals surface area contributed by atoms with Gasteiger partial charge in [-0.05, 0) is 46.4 Å². The lowest BCUT2D eigenvalue weighted by atomic mass is 9.83. The number of nitrogen functional groups attached to an aromatic ring is 1. The second-order valence-corrected chi connectivity index (χ2v) is 7.83. The van der Waals surface area contributed by atoms with E-state index in [0.29, 0.717) is 18.0 Å². The van der Waals surface area contributed by atoms with E-state index in [4.69, 9.17) is 5.73 Å². The third-order valence-electron chi connectivity index (χ3n) is 5.44. The number of anilines is 1. The lowest BCUT2D eigenvalue weighted by Crippen LogP contribution is -2.65. The molecule has 2 aliphatic heterocycles. The normalized spacial score (nSPS) is 22.6. The molecule has 2 saturated heterocycles. The van der Waals surface area contributed by atoms with E-state index in [1.54, 1.807) is 0 Å². The molecule has 128 valence electrons. The summed E-state index contributed by atoms with van der Waals surface area (Å²) in [7, 11) is 4.39. The second-order valence-electron chi connectivity index (χ2n) is 6.94. The van der Waals surface area contributed by atoms with Gasteiger partial charge in [-0.2, -0.15) is 0 Å². The van der Waals surface area contributed by atoms with Crippen molar-refractivity contribution < 1.29 is 4.79 Å². The molecular weight excluding hydrogens is 310 g/mol. The van der Waals surface area contributed by atoms with Crippen LogP contribution in [0.2, 0.25) is 0 Å². The number of hydrogen-bond donors (Lipinski definition) is 1. The van der Waals surface area contributed by atoms with Gasteiger partial charge in [0.2, 0.25) is 5.91 Å². The van der Waals surface area contributed by atoms with Gasteiger partial charge in [-0.15, -0.1) is 11.3 Å². The van der Waals surface area contributed by atoms with Crippen LogP contribution >= 0.6 is 11.3 Å². The highest BCUT2D eigenvalue weighted by molar-refractivity contribution is 7.13. The Morgan fingerprint density at radius 3 is 2.70 bits per heavy atom. The number of nitrogens with zero attached hydrogens (tertiary/aromatic N) is 4. The first kappa shape index (κ1) is 16.7. The standard InChI is InChI=1S/C16H27N5OS/c1-19-7-5-16(6-8-19)12-21(10-9-20(16)2)14(22)4-3-13-11-23-15(17)18-13/h11H,3-10,12H2,1-2H3,(H2,17,18). The van der Waals surface area contributed by atoms with E-state index < -0.39 is 0 Å². The predicted octanol–water partition coefficient (Wildman–Crippen LogP) is 0.896. The van der Waals surface area contributed by atoms with Gasteiger partial charge in [0.15, 0.2) is 5.13 Å². The molecule has 0 saturated carbocycles. The lowest BCUT2D eigenvalue weighted by Gasteiger charge is -2.52. The van der Waals surface area contributed by atoms with Crippen molar-refractivity contribution in [3.8, 4) is 0 Å². The Balaban J connectivity index is 1.58. The van der Waals surface area contributed by atoms with Crippen LogP contribution < -0.4 is 5.73 Å². The minimum absolute atomic E-state index is 0.172. The molecule has 23 heavy (non-hydrogen) atoms. The number of hydrogen-bond acceptors (Lipinski definition) is 6. The number of carbonyl (C=O) groups is 1. The summed E-state index contributed by atoms with van der Waals surface area (Å²) in [6.45, 7) is 4.91. The SMILES string of the molecule is CN1CCC2(CC1)CN(C(=O)CCc1csc(N)n1)CCN2C. The summed E-state index contributed by atoms with van der Waals surface area (Å²) in [5, 5.41) is 2.53. The van der Waals surface area contributed by atoms with Crippen LogP contribution in [0.5, 0.6) is 0 Å². The average Bonchev–Trinajstić information content (AvgIpc) is 2.96. The predicted molar refractivity (Wildman–Crippen MR) is 93.5 cm³/mol. The Bertz CT molecular complexity index is 552. The van der Waals surface area contributed by atoms with Crippen LogP contribution in [0.15, 0.2) is 5.38 Å². The Morgan fingerprint density at radius 1 is 1.30 bits per heavy atom. The van der Waals surface area contributed by atoms with E-state index in [1.807, 2.05) is 5.38 Å². The van der Waals surface area contributed by atoms with Gasteiger partial charge < -0.3 is 15.5 Å². The monoisotopic (exact) mass is 337 g/mol. The Hall–Kier alpha value is -1.18. The summed E-state index contributed by atoms with van der Waals surface area (Å²) >= 11 is 1.44. The van der Waals surface area contributed by atoms with Gasteiger partial charge >= 0.3 is 0 Å². The summed E-state index contributed by atoms with van der Waals surface area (Å²) in [5.74, 6) is 0.253. The van der Waals surface area contributed by atoms with E-state index in [9.17, 15) is 4.79 Å². The molecule has 1 aromatic heterocycles. The number of thiazole rings is 1. The fourth-order valence-corrected chi connectivity index (χ4v) is 4.28. The van der Waals surface area contributed by atoms with Gasteiger partial charge in [-0.25, -0.2) is 4.98 Å². The van der Waals surface area contributed by atoms with Crippen molar-refractivity contribution in [1.29, 1.82) is 0 Å². The fraction of sp³-hybridized carbons (Fsp3) is 0.750. The Kier molecular flexibility index (Phi) is 4.89. The third-order valence-corrected chi connectivity index (χ3v) is 6.16. The quantitative estimate of drug-likeness (QED) is 0.888. The number of aryl methyl sites for hydroxylation is 1. The fourth-order valence-electron chi connectivity index (χ4n) is 3.68. The lowest BCUT2D eigenvalue weighted by molar-refractivity contribution is -0.137. The molecule has 3 rings (SSSR count). The zero-order chi connectivity index (χ0) is 16.4. The molecular formula is C16H27N5OS. The van der Waals surface area contributed by atoms with Crippen molar-refractivity contribution in [1.82, 2.24) is 19.7 Å². The van der Waals surface area contributed by atoms with Crippen molar-refractivity contribution in [3.63, 3.8) is 0 Å². The molecule has 1 spiro atoms. The summed E-state index contributed by atoms with van der Waals surface area (Å²) in [6.07, 6.45) is 3.51. The molecule has 0 atom stereocenters. The molecule has 1 aromatic rings. The van der Waals surface area contributed by atoms with E-state index >= 15 is 0 Å². The van der Waals surface area contributed by atoms with Crippen molar-refractivity contribution in [2.75, 3.05) is 52.6 Å². The van der Waals surface area contributed by atoms with E-state index in [1.165, 1.54) is 11.3 Å². The zero-order valence-electron chi connectivity index (χ0n) is 14.1. The van der Waals surface area contributed by atoms with Crippen molar-refractivity contribution in [2.24, 2.45) is 0 Å². The number of carbonyl (C=O) groups excluding carboxylic acids is 1. The molecule has 0 unspecified atom stereocenters. The smallest absolute Gasteiger partial charge is 0.223 e. The molecule has 0 radical (unpaired) electrons. The molecule has 2 aliphatic rings. The van der Waals surface area contributed by atoms with E-state index in [0.717, 1.165) is 51.3 Å². The highest BCUT2D eigenvalue weighted by atomic mass is 32.1. The highest BCUT2D eigenvalue weighted by Crippen LogP contribution is 2.31. The number of likely N-dealkylation sites (N-methyl/N-ethyl adjacent to an activating group) is 1.